The summed E-state index contributed by atoms with van der Waals surface area (Å²) >= 11 is 0. The monoisotopic (exact) mass is 155 g/mol. The Labute approximate surface area is 66.7 Å². The molecule has 0 saturated heterocycles. The fourth-order valence-electron chi connectivity index (χ4n) is 0.524. The van der Waals surface area contributed by atoms with Crippen LogP contribution in [0.25, 0.3) is 0 Å². The molecule has 0 aliphatic rings. The van der Waals surface area contributed by atoms with Crippen molar-refractivity contribution in [2.45, 2.75) is 6.92 Å². The fourth-order valence-corrected chi connectivity index (χ4v) is 0.524. The highest BCUT2D eigenvalue weighted by Crippen LogP contribution is 1.98. The lowest BCUT2D eigenvalue weighted by Gasteiger charge is -2.00. The van der Waals surface area contributed by atoms with Crippen LogP contribution in [-0.4, -0.2) is 20.1 Å². The van der Waals surface area contributed by atoms with Crippen molar-refractivity contribution in [3.8, 4) is 0 Å². The summed E-state index contributed by atoms with van der Waals surface area (Å²) in [4.78, 5) is 10.8. The van der Waals surface area contributed by atoms with Gasteiger partial charge < -0.3 is 10.1 Å². The SMILES string of the molecule is C=C(/C=C(/C)NC)C(=O)OC. The molecule has 0 aromatic rings. The van der Waals surface area contributed by atoms with Crippen molar-refractivity contribution in [3.05, 3.63) is 23.9 Å². The average molecular weight is 155 g/mol. The molecule has 0 spiro atoms. The Kier molecular flexibility index (Phi) is 4.03. The quantitative estimate of drug-likeness (QED) is 0.373. The number of hydrogen-bond donors (Lipinski definition) is 1. The molecule has 0 fully saturated rings. The van der Waals surface area contributed by atoms with E-state index in [-0.39, 0.29) is 0 Å². The van der Waals surface area contributed by atoms with Crippen LogP contribution in [0, 0.1) is 0 Å². The van der Waals surface area contributed by atoms with Crippen LogP contribution in [-0.2, 0) is 9.53 Å². The average Bonchev–Trinajstić information content (AvgIpc) is 2.02. The number of ether oxygens (including phenoxy) is 1. The Morgan fingerprint density at radius 2 is 2.18 bits per heavy atom. The molecular formula is C8H13NO2. The summed E-state index contributed by atoms with van der Waals surface area (Å²) in [5, 5.41) is 2.87. The first-order valence-corrected chi connectivity index (χ1v) is 3.25. The van der Waals surface area contributed by atoms with Crippen LogP contribution in [0.1, 0.15) is 6.92 Å². The maximum absolute atomic E-state index is 10.8. The number of rotatable bonds is 3. The molecule has 0 heterocycles. The summed E-state index contributed by atoms with van der Waals surface area (Å²) in [5.74, 6) is -0.403. The van der Waals surface area contributed by atoms with E-state index in [2.05, 4.69) is 16.6 Å². The number of carbonyl (C=O) groups excluding carboxylic acids is 1. The van der Waals surface area contributed by atoms with Gasteiger partial charge in [0.05, 0.1) is 12.7 Å². The van der Waals surface area contributed by atoms with Gasteiger partial charge in [-0.15, -0.1) is 0 Å². The van der Waals surface area contributed by atoms with Gasteiger partial charge in [-0.25, -0.2) is 4.79 Å². The summed E-state index contributed by atoms with van der Waals surface area (Å²) in [5.41, 5.74) is 1.22. The third kappa shape index (κ3) is 3.45. The van der Waals surface area contributed by atoms with Gasteiger partial charge in [0.15, 0.2) is 0 Å². The van der Waals surface area contributed by atoms with Gasteiger partial charge in [0.1, 0.15) is 0 Å². The van der Waals surface area contributed by atoms with Gasteiger partial charge in [0.2, 0.25) is 0 Å². The van der Waals surface area contributed by atoms with E-state index in [1.54, 1.807) is 13.1 Å². The molecule has 0 unspecified atom stereocenters. The van der Waals surface area contributed by atoms with Gasteiger partial charge in [0.25, 0.3) is 0 Å². The molecule has 0 bridgehead atoms. The van der Waals surface area contributed by atoms with Crippen molar-refractivity contribution in [2.24, 2.45) is 0 Å². The van der Waals surface area contributed by atoms with Crippen LogP contribution in [0.4, 0.5) is 0 Å². The topological polar surface area (TPSA) is 38.3 Å². The normalized spacial score (nSPS) is 10.6. The van der Waals surface area contributed by atoms with Crippen molar-refractivity contribution in [2.75, 3.05) is 14.2 Å². The van der Waals surface area contributed by atoms with E-state index in [9.17, 15) is 4.79 Å². The molecule has 1 N–H and O–H groups in total. The molecular weight excluding hydrogens is 142 g/mol. The van der Waals surface area contributed by atoms with Crippen molar-refractivity contribution >= 4 is 5.97 Å². The lowest BCUT2D eigenvalue weighted by Crippen LogP contribution is -2.06. The highest BCUT2D eigenvalue weighted by Gasteiger charge is 2.01. The zero-order chi connectivity index (χ0) is 8.85. The minimum Gasteiger partial charge on any atom is -0.465 e. The summed E-state index contributed by atoms with van der Waals surface area (Å²) in [6.45, 7) is 5.36. The van der Waals surface area contributed by atoms with Crippen LogP contribution in [0.15, 0.2) is 23.9 Å². The number of carbonyl (C=O) groups is 1. The third-order valence-electron chi connectivity index (χ3n) is 1.23. The maximum Gasteiger partial charge on any atom is 0.337 e. The Bertz CT molecular complexity index is 194. The Morgan fingerprint density at radius 1 is 1.64 bits per heavy atom. The van der Waals surface area contributed by atoms with E-state index in [1.807, 2.05) is 6.92 Å². The molecule has 11 heavy (non-hydrogen) atoms. The van der Waals surface area contributed by atoms with Crippen LogP contribution < -0.4 is 5.32 Å². The highest BCUT2D eigenvalue weighted by molar-refractivity contribution is 5.90. The van der Waals surface area contributed by atoms with Gasteiger partial charge in [-0.2, -0.15) is 0 Å². The van der Waals surface area contributed by atoms with Crippen molar-refractivity contribution < 1.29 is 9.53 Å². The van der Waals surface area contributed by atoms with Crippen LogP contribution in [0.5, 0.6) is 0 Å². The maximum atomic E-state index is 10.8. The van der Waals surface area contributed by atoms with Gasteiger partial charge in [-0.1, -0.05) is 6.58 Å². The fraction of sp³-hybridized carbons (Fsp3) is 0.375. The number of hydrogen-bond acceptors (Lipinski definition) is 3. The minimum atomic E-state index is -0.403. The first kappa shape index (κ1) is 9.75. The second-order valence-electron chi connectivity index (χ2n) is 2.09. The lowest BCUT2D eigenvalue weighted by molar-refractivity contribution is -0.135. The van der Waals surface area contributed by atoms with Gasteiger partial charge >= 0.3 is 5.97 Å². The molecule has 3 heteroatoms. The third-order valence-corrected chi connectivity index (χ3v) is 1.23. The highest BCUT2D eigenvalue weighted by atomic mass is 16.5. The Morgan fingerprint density at radius 3 is 2.55 bits per heavy atom. The second-order valence-corrected chi connectivity index (χ2v) is 2.09. The summed E-state index contributed by atoms with van der Waals surface area (Å²) in [7, 11) is 3.10. The smallest absolute Gasteiger partial charge is 0.337 e. The molecule has 0 radical (unpaired) electrons. The standard InChI is InChI=1S/C8H13NO2/c1-6(8(10)11-4)5-7(2)9-3/h5,9H,1H2,2-4H3/b7-5-. The first-order chi connectivity index (χ1) is 5.11. The number of nitrogens with one attached hydrogen (secondary N) is 1. The first-order valence-electron chi connectivity index (χ1n) is 3.25. The molecule has 0 atom stereocenters. The van der Waals surface area contributed by atoms with Crippen LogP contribution >= 0.6 is 0 Å². The van der Waals surface area contributed by atoms with Crippen LogP contribution in [0.2, 0.25) is 0 Å². The Hall–Kier alpha value is -1.25. The zero-order valence-corrected chi connectivity index (χ0v) is 7.10. The predicted molar refractivity (Wildman–Crippen MR) is 44.0 cm³/mol. The molecule has 0 aliphatic heterocycles. The van der Waals surface area contributed by atoms with Crippen molar-refractivity contribution in [1.82, 2.24) is 5.32 Å². The zero-order valence-electron chi connectivity index (χ0n) is 7.10. The van der Waals surface area contributed by atoms with E-state index < -0.39 is 5.97 Å². The number of methoxy groups -OCH3 is 1. The molecule has 0 rings (SSSR count). The molecule has 0 aromatic carbocycles. The summed E-state index contributed by atoms with van der Waals surface area (Å²) < 4.78 is 4.45. The largest absolute Gasteiger partial charge is 0.465 e. The van der Waals surface area contributed by atoms with E-state index in [4.69, 9.17) is 0 Å². The van der Waals surface area contributed by atoms with Crippen LogP contribution in [0.3, 0.4) is 0 Å². The lowest BCUT2D eigenvalue weighted by atomic mass is 10.2. The van der Waals surface area contributed by atoms with E-state index in [0.29, 0.717) is 5.57 Å². The molecule has 0 aliphatic carbocycles. The summed E-state index contributed by atoms with van der Waals surface area (Å²) in [6, 6.07) is 0. The van der Waals surface area contributed by atoms with Crippen molar-refractivity contribution in [3.63, 3.8) is 0 Å². The van der Waals surface area contributed by atoms with Gasteiger partial charge in [-0.3, -0.25) is 0 Å². The Balaban J connectivity index is 4.17. The number of allylic oxidation sites excluding steroid dienone is 1. The van der Waals surface area contributed by atoms with E-state index in [1.165, 1.54) is 7.11 Å². The van der Waals surface area contributed by atoms with E-state index >= 15 is 0 Å². The van der Waals surface area contributed by atoms with Gasteiger partial charge in [-0.05, 0) is 13.0 Å². The molecule has 0 saturated carbocycles. The predicted octanol–water partition coefficient (Wildman–Crippen LogP) is 0.839. The molecule has 3 nitrogen and oxygen atoms in total. The second kappa shape index (κ2) is 4.55. The molecule has 0 amide bonds. The molecule has 0 aromatic heterocycles. The summed E-state index contributed by atoms with van der Waals surface area (Å²) in [6.07, 6.45) is 1.63. The minimum absolute atomic E-state index is 0.347. The number of esters is 1. The molecule has 62 valence electrons. The van der Waals surface area contributed by atoms with Crippen molar-refractivity contribution in [1.29, 1.82) is 0 Å². The van der Waals surface area contributed by atoms with Gasteiger partial charge in [0, 0.05) is 12.7 Å². The van der Waals surface area contributed by atoms with E-state index in [0.717, 1.165) is 5.70 Å².